The minimum Gasteiger partial charge on any atom is -0.456 e. The van der Waals surface area contributed by atoms with Gasteiger partial charge >= 0.3 is 7.12 Å². The van der Waals surface area contributed by atoms with Crippen LogP contribution in [0.5, 0.6) is 0 Å². The second-order valence-corrected chi connectivity index (χ2v) is 9.34. The molecule has 1 aliphatic heterocycles. The average molecular weight is 350 g/mol. The fourth-order valence-corrected chi connectivity index (χ4v) is 3.63. The smallest absolute Gasteiger partial charge is 0.456 e. The van der Waals surface area contributed by atoms with Crippen molar-refractivity contribution in [2.75, 3.05) is 0 Å². The molecule has 0 N–H and O–H groups in total. The van der Waals surface area contributed by atoms with Gasteiger partial charge in [-0.05, 0) is 44.6 Å². The summed E-state index contributed by atoms with van der Waals surface area (Å²) in [6, 6.07) is 12.5. The van der Waals surface area contributed by atoms with Gasteiger partial charge in [-0.3, -0.25) is 0 Å². The molecule has 2 aromatic carbocycles. The van der Waals surface area contributed by atoms with Crippen LogP contribution in [-0.2, 0) is 14.7 Å². The van der Waals surface area contributed by atoms with E-state index in [4.69, 9.17) is 13.7 Å². The Labute approximate surface area is 155 Å². The van der Waals surface area contributed by atoms with Crippen molar-refractivity contribution in [2.24, 2.45) is 0 Å². The summed E-state index contributed by atoms with van der Waals surface area (Å²) in [7, 11) is -0.400. The third-order valence-electron chi connectivity index (χ3n) is 5.87. The first kappa shape index (κ1) is 17.6. The molecule has 0 unspecified atom stereocenters. The van der Waals surface area contributed by atoms with Gasteiger partial charge in [-0.2, -0.15) is 0 Å². The normalized spacial score (nSPS) is 19.6. The highest BCUT2D eigenvalue weighted by molar-refractivity contribution is 6.66. The lowest BCUT2D eigenvalue weighted by Crippen LogP contribution is -2.41. The molecule has 1 fully saturated rings. The van der Waals surface area contributed by atoms with E-state index in [1.54, 1.807) is 0 Å². The molecule has 0 atom stereocenters. The molecule has 1 saturated heterocycles. The molecule has 0 spiro atoms. The number of furan rings is 1. The van der Waals surface area contributed by atoms with Gasteiger partial charge in [-0.15, -0.1) is 0 Å². The van der Waals surface area contributed by atoms with Gasteiger partial charge in [0.2, 0.25) is 0 Å². The number of hydrogen-bond donors (Lipinski definition) is 0. The molecule has 0 amide bonds. The second kappa shape index (κ2) is 5.37. The van der Waals surface area contributed by atoms with Crippen LogP contribution in [-0.4, -0.2) is 18.3 Å². The Morgan fingerprint density at radius 1 is 0.846 bits per heavy atom. The summed E-state index contributed by atoms with van der Waals surface area (Å²) in [5.74, 6) is 0. The van der Waals surface area contributed by atoms with E-state index >= 15 is 0 Å². The molecule has 0 saturated carbocycles. The molecule has 26 heavy (non-hydrogen) atoms. The summed E-state index contributed by atoms with van der Waals surface area (Å²) in [6.07, 6.45) is 0. The van der Waals surface area contributed by atoms with E-state index in [9.17, 15) is 0 Å². The summed E-state index contributed by atoms with van der Waals surface area (Å²) >= 11 is 0. The summed E-state index contributed by atoms with van der Waals surface area (Å²) < 4.78 is 18.9. The maximum atomic E-state index is 6.31. The Bertz CT molecular complexity index is 976. The van der Waals surface area contributed by atoms with Crippen LogP contribution in [0.15, 0.2) is 40.8 Å². The van der Waals surface area contributed by atoms with Crippen LogP contribution in [0.4, 0.5) is 0 Å². The van der Waals surface area contributed by atoms with Crippen LogP contribution < -0.4 is 5.46 Å². The maximum Gasteiger partial charge on any atom is 0.495 e. The molecular formula is C22H27BO3. The molecule has 4 heteroatoms. The highest BCUT2D eigenvalue weighted by Gasteiger charge is 2.52. The van der Waals surface area contributed by atoms with Crippen LogP contribution in [0.25, 0.3) is 21.9 Å². The fraction of sp³-hybridized carbons (Fsp3) is 0.455. The van der Waals surface area contributed by atoms with Gasteiger partial charge in [-0.1, -0.05) is 51.1 Å². The predicted molar refractivity (Wildman–Crippen MR) is 108 cm³/mol. The summed E-state index contributed by atoms with van der Waals surface area (Å²) in [6.45, 7) is 15.0. The summed E-state index contributed by atoms with van der Waals surface area (Å²) in [5, 5.41) is 2.21. The van der Waals surface area contributed by atoms with E-state index in [1.807, 2.05) is 12.1 Å². The van der Waals surface area contributed by atoms with Gasteiger partial charge in [0.15, 0.2) is 0 Å². The third kappa shape index (κ3) is 2.50. The first-order valence-electron chi connectivity index (χ1n) is 9.31. The van der Waals surface area contributed by atoms with Gasteiger partial charge in [0.1, 0.15) is 11.2 Å². The minimum absolute atomic E-state index is 0.0118. The molecule has 1 aromatic heterocycles. The van der Waals surface area contributed by atoms with E-state index in [1.165, 1.54) is 5.56 Å². The molecule has 1 aliphatic rings. The molecule has 4 rings (SSSR count). The molecule has 0 aliphatic carbocycles. The molecule has 136 valence electrons. The number of hydrogen-bond acceptors (Lipinski definition) is 3. The van der Waals surface area contributed by atoms with E-state index in [-0.39, 0.29) is 16.6 Å². The largest absolute Gasteiger partial charge is 0.495 e. The van der Waals surface area contributed by atoms with Gasteiger partial charge in [-0.25, -0.2) is 0 Å². The van der Waals surface area contributed by atoms with E-state index < -0.39 is 7.12 Å². The van der Waals surface area contributed by atoms with Gasteiger partial charge in [0, 0.05) is 16.3 Å². The van der Waals surface area contributed by atoms with Crippen molar-refractivity contribution in [1.82, 2.24) is 0 Å². The Morgan fingerprint density at radius 2 is 1.46 bits per heavy atom. The Balaban J connectivity index is 1.96. The van der Waals surface area contributed by atoms with Crippen LogP contribution in [0.1, 0.15) is 54.0 Å². The number of rotatable bonds is 1. The Morgan fingerprint density at radius 3 is 2.08 bits per heavy atom. The number of para-hydroxylation sites is 1. The fourth-order valence-electron chi connectivity index (χ4n) is 3.63. The Kier molecular flexibility index (Phi) is 3.64. The monoisotopic (exact) mass is 350 g/mol. The van der Waals surface area contributed by atoms with E-state index in [0.717, 1.165) is 27.4 Å². The summed E-state index contributed by atoms with van der Waals surface area (Å²) in [5.41, 5.74) is 3.36. The maximum absolute atomic E-state index is 6.31. The second-order valence-electron chi connectivity index (χ2n) is 9.34. The lowest BCUT2D eigenvalue weighted by atomic mass is 9.76. The average Bonchev–Trinajstić information content (AvgIpc) is 3.00. The van der Waals surface area contributed by atoms with E-state index in [0.29, 0.717) is 0 Å². The van der Waals surface area contributed by atoms with Gasteiger partial charge in [0.25, 0.3) is 0 Å². The van der Waals surface area contributed by atoms with Crippen molar-refractivity contribution < 1.29 is 13.7 Å². The van der Waals surface area contributed by atoms with Crippen molar-refractivity contribution in [3.8, 4) is 0 Å². The third-order valence-corrected chi connectivity index (χ3v) is 5.87. The molecule has 2 heterocycles. The molecule has 3 aromatic rings. The minimum atomic E-state index is -0.400. The zero-order chi connectivity index (χ0) is 18.9. The highest BCUT2D eigenvalue weighted by Crippen LogP contribution is 2.39. The topological polar surface area (TPSA) is 31.6 Å². The van der Waals surface area contributed by atoms with Crippen LogP contribution >= 0.6 is 0 Å². The van der Waals surface area contributed by atoms with Crippen molar-refractivity contribution in [1.29, 1.82) is 0 Å². The lowest BCUT2D eigenvalue weighted by molar-refractivity contribution is 0.00578. The van der Waals surface area contributed by atoms with Crippen LogP contribution in [0.2, 0.25) is 0 Å². The van der Waals surface area contributed by atoms with Crippen molar-refractivity contribution in [3.63, 3.8) is 0 Å². The first-order valence-corrected chi connectivity index (χ1v) is 9.31. The van der Waals surface area contributed by atoms with Crippen LogP contribution in [0.3, 0.4) is 0 Å². The standard InChI is InChI=1S/C22H27BO3/c1-20(2,3)15-11-8-10-14-18-16(12-9-13-17(18)24-19(14)15)23-25-21(4,5)22(6,7)26-23/h8-13H,1-7H3. The van der Waals surface area contributed by atoms with Crippen LogP contribution in [0, 0.1) is 0 Å². The zero-order valence-electron chi connectivity index (χ0n) is 16.8. The van der Waals surface area contributed by atoms with Crippen molar-refractivity contribution >= 4 is 34.5 Å². The lowest BCUT2D eigenvalue weighted by Gasteiger charge is -2.32. The SMILES string of the molecule is CC(C)(C)c1cccc2c1oc1cccc(B3OC(C)(C)C(C)(C)O3)c12. The first-order chi connectivity index (χ1) is 12.0. The van der Waals surface area contributed by atoms with E-state index in [2.05, 4.69) is 72.7 Å². The number of benzene rings is 2. The quantitative estimate of drug-likeness (QED) is 0.567. The molecule has 3 nitrogen and oxygen atoms in total. The molecule has 0 bridgehead atoms. The highest BCUT2D eigenvalue weighted by atomic mass is 16.7. The van der Waals surface area contributed by atoms with Crippen molar-refractivity contribution in [3.05, 3.63) is 42.0 Å². The molecule has 0 radical (unpaired) electrons. The predicted octanol–water partition coefficient (Wildman–Crippen LogP) is 5.18. The van der Waals surface area contributed by atoms with Gasteiger partial charge in [0.05, 0.1) is 11.2 Å². The zero-order valence-corrected chi connectivity index (χ0v) is 16.8. The molecular weight excluding hydrogens is 323 g/mol. The Hall–Kier alpha value is -1.78. The number of fused-ring (bicyclic) bond motifs is 3. The summed E-state index contributed by atoms with van der Waals surface area (Å²) in [4.78, 5) is 0. The van der Waals surface area contributed by atoms with Gasteiger partial charge < -0.3 is 13.7 Å². The van der Waals surface area contributed by atoms with Crippen molar-refractivity contribution in [2.45, 2.75) is 65.1 Å².